The molecule has 0 saturated carbocycles. The Morgan fingerprint density at radius 3 is 2.32 bits per heavy atom. The number of methoxy groups -OCH3 is 1. The number of aryl methyl sites for hydroxylation is 1. The van der Waals surface area contributed by atoms with Crippen LogP contribution in [0.3, 0.4) is 0 Å². The van der Waals surface area contributed by atoms with E-state index in [9.17, 15) is 28.1 Å². The predicted molar refractivity (Wildman–Crippen MR) is 126 cm³/mol. The molecule has 0 bridgehead atoms. The molecule has 0 saturated heterocycles. The van der Waals surface area contributed by atoms with Crippen LogP contribution in [-0.4, -0.2) is 39.5 Å². The monoisotopic (exact) mass is 495 g/mol. The van der Waals surface area contributed by atoms with Crippen LogP contribution in [0.25, 0.3) is 11.1 Å². The Kier molecular flexibility index (Phi) is 5.72. The highest BCUT2D eigenvalue weighted by atomic mass is 32.2. The van der Waals surface area contributed by atoms with Gasteiger partial charge >= 0.3 is 0 Å². The molecule has 1 aromatic heterocycles. The summed E-state index contributed by atoms with van der Waals surface area (Å²) in [5.74, 6) is -1.61. The number of amides is 3. The highest BCUT2D eigenvalue weighted by Crippen LogP contribution is 2.44. The van der Waals surface area contributed by atoms with Crippen LogP contribution < -0.4 is 14.4 Å². The van der Waals surface area contributed by atoms with Crippen molar-refractivity contribution in [3.63, 3.8) is 0 Å². The molecule has 34 heavy (non-hydrogen) atoms. The molecule has 2 heterocycles. The average Bonchev–Trinajstić information content (AvgIpc) is 3.25. The molecule has 3 amide bonds. The third-order valence-electron chi connectivity index (χ3n) is 5.19. The van der Waals surface area contributed by atoms with Gasteiger partial charge in [-0.2, -0.15) is 5.26 Å². The van der Waals surface area contributed by atoms with Gasteiger partial charge in [0.05, 0.1) is 30.1 Å². The molecule has 1 aliphatic heterocycles. The minimum absolute atomic E-state index is 0.0490. The van der Waals surface area contributed by atoms with E-state index < -0.39 is 27.7 Å². The summed E-state index contributed by atoms with van der Waals surface area (Å²) < 4.78 is 29.7. The van der Waals surface area contributed by atoms with Crippen LogP contribution >= 0.6 is 11.3 Å². The normalized spacial score (nSPS) is 12.9. The molecule has 0 unspecified atom stereocenters. The topological polar surface area (TPSA) is 134 Å². The van der Waals surface area contributed by atoms with Gasteiger partial charge in [0, 0.05) is 16.0 Å². The SMILES string of the molecule is COc1ccc(-c2c(C)sc(N3C(=O)c4ccc(C(=O)NS(C)(=O)=O)cc4C3=O)c2C#N)cc1. The molecule has 0 radical (unpaired) electrons. The van der Waals surface area contributed by atoms with Crippen molar-refractivity contribution in [1.82, 2.24) is 4.72 Å². The maximum atomic E-state index is 13.2. The highest BCUT2D eigenvalue weighted by Gasteiger charge is 2.40. The number of nitrogens with zero attached hydrogens (tertiary/aromatic N) is 2. The first-order valence-electron chi connectivity index (χ1n) is 9.78. The second-order valence-corrected chi connectivity index (χ2v) is 10.4. The van der Waals surface area contributed by atoms with Crippen LogP contribution in [0, 0.1) is 18.3 Å². The average molecular weight is 496 g/mol. The molecule has 172 valence electrons. The van der Waals surface area contributed by atoms with Crippen molar-refractivity contribution in [2.24, 2.45) is 0 Å². The number of anilines is 1. The van der Waals surface area contributed by atoms with E-state index in [0.29, 0.717) is 11.3 Å². The van der Waals surface area contributed by atoms with Gasteiger partial charge in [0.15, 0.2) is 0 Å². The number of ether oxygens (including phenoxy) is 1. The molecule has 11 heteroatoms. The quantitative estimate of drug-likeness (QED) is 0.538. The molecule has 3 aromatic rings. The molecule has 0 aliphatic carbocycles. The lowest BCUT2D eigenvalue weighted by atomic mass is 10.0. The van der Waals surface area contributed by atoms with Crippen molar-refractivity contribution in [1.29, 1.82) is 5.26 Å². The van der Waals surface area contributed by atoms with Crippen LogP contribution in [0.2, 0.25) is 0 Å². The zero-order valence-corrected chi connectivity index (χ0v) is 19.8. The van der Waals surface area contributed by atoms with Crippen molar-refractivity contribution < 1.29 is 27.5 Å². The first-order chi connectivity index (χ1) is 16.1. The summed E-state index contributed by atoms with van der Waals surface area (Å²) in [6, 6.07) is 12.9. The minimum Gasteiger partial charge on any atom is -0.497 e. The number of nitrogens with one attached hydrogen (secondary N) is 1. The number of imide groups is 1. The van der Waals surface area contributed by atoms with Crippen LogP contribution in [0.5, 0.6) is 5.75 Å². The van der Waals surface area contributed by atoms with Gasteiger partial charge in [-0.05, 0) is 42.8 Å². The molecule has 4 rings (SSSR count). The minimum atomic E-state index is -3.81. The van der Waals surface area contributed by atoms with Gasteiger partial charge in [0.2, 0.25) is 10.0 Å². The van der Waals surface area contributed by atoms with E-state index in [0.717, 1.165) is 32.9 Å². The van der Waals surface area contributed by atoms with Crippen LogP contribution in [0.15, 0.2) is 42.5 Å². The number of thiophene rings is 1. The number of hydrogen-bond donors (Lipinski definition) is 1. The molecular weight excluding hydrogens is 478 g/mol. The summed E-state index contributed by atoms with van der Waals surface area (Å²) in [5, 5.41) is 10.1. The number of fused-ring (bicyclic) bond motifs is 1. The molecule has 2 aromatic carbocycles. The van der Waals surface area contributed by atoms with E-state index >= 15 is 0 Å². The summed E-state index contributed by atoms with van der Waals surface area (Å²) in [7, 11) is -2.27. The molecule has 0 atom stereocenters. The first kappa shape index (κ1) is 23.2. The van der Waals surface area contributed by atoms with Crippen molar-refractivity contribution in [3.8, 4) is 22.9 Å². The van der Waals surface area contributed by atoms with Crippen LogP contribution in [-0.2, 0) is 10.0 Å². The first-order valence-corrected chi connectivity index (χ1v) is 12.5. The molecule has 0 fully saturated rings. The Morgan fingerprint density at radius 2 is 1.74 bits per heavy atom. The Morgan fingerprint density at radius 1 is 1.09 bits per heavy atom. The van der Waals surface area contributed by atoms with Crippen molar-refractivity contribution in [2.45, 2.75) is 6.92 Å². The fourth-order valence-corrected chi connectivity index (χ4v) is 5.26. The summed E-state index contributed by atoms with van der Waals surface area (Å²) in [5.41, 5.74) is 1.43. The highest BCUT2D eigenvalue weighted by molar-refractivity contribution is 7.89. The Labute approximate surface area is 199 Å². The van der Waals surface area contributed by atoms with Crippen LogP contribution in [0.4, 0.5) is 5.00 Å². The van der Waals surface area contributed by atoms with Gasteiger partial charge in [-0.15, -0.1) is 11.3 Å². The van der Waals surface area contributed by atoms with Gasteiger partial charge in [-0.3, -0.25) is 14.4 Å². The number of hydrogen-bond acceptors (Lipinski definition) is 8. The molecular formula is C23H17N3O6S2. The van der Waals surface area contributed by atoms with Crippen LogP contribution in [0.1, 0.15) is 41.5 Å². The van der Waals surface area contributed by atoms with Crippen molar-refractivity contribution >= 4 is 44.1 Å². The number of carbonyl (C=O) groups excluding carboxylic acids is 3. The van der Waals surface area contributed by atoms with Crippen molar-refractivity contribution in [2.75, 3.05) is 18.3 Å². The van der Waals surface area contributed by atoms with E-state index in [4.69, 9.17) is 4.74 Å². The molecule has 1 aliphatic rings. The lowest BCUT2D eigenvalue weighted by Crippen LogP contribution is -2.29. The Balaban J connectivity index is 1.76. The predicted octanol–water partition coefficient (Wildman–Crippen LogP) is 3.09. The number of benzene rings is 2. The summed E-state index contributed by atoms with van der Waals surface area (Å²) in [6.07, 6.45) is 0.831. The number of nitriles is 1. The summed E-state index contributed by atoms with van der Waals surface area (Å²) >= 11 is 1.14. The zero-order chi connectivity index (χ0) is 24.8. The van der Waals surface area contributed by atoms with E-state index in [1.807, 2.05) is 4.72 Å². The van der Waals surface area contributed by atoms with Gasteiger partial charge in [0.1, 0.15) is 16.8 Å². The fourth-order valence-electron chi connectivity index (χ4n) is 3.69. The van der Waals surface area contributed by atoms with Gasteiger partial charge in [-0.1, -0.05) is 12.1 Å². The summed E-state index contributed by atoms with van der Waals surface area (Å²) in [4.78, 5) is 40.2. The third kappa shape index (κ3) is 3.93. The lowest BCUT2D eigenvalue weighted by Gasteiger charge is -2.12. The van der Waals surface area contributed by atoms with E-state index in [1.165, 1.54) is 18.2 Å². The Bertz CT molecular complexity index is 1520. The molecule has 9 nitrogen and oxygen atoms in total. The number of carbonyl (C=O) groups is 3. The van der Waals surface area contributed by atoms with E-state index in [2.05, 4.69) is 6.07 Å². The fraction of sp³-hybridized carbons (Fsp3) is 0.130. The van der Waals surface area contributed by atoms with Crippen molar-refractivity contribution in [3.05, 3.63) is 69.6 Å². The standard InChI is InChI=1S/C23H17N3O6S2/c1-12-19(13-4-7-15(32-2)8-5-13)18(11-24)23(33-12)26-21(28)16-9-6-14(10-17(16)22(26)29)20(27)25-34(3,30)31/h4-10H,1-3H3,(H,25,27). The Hall–Kier alpha value is -4.01. The molecule has 0 spiro atoms. The third-order valence-corrected chi connectivity index (χ3v) is 6.83. The summed E-state index contributed by atoms with van der Waals surface area (Å²) in [6.45, 7) is 1.79. The number of rotatable bonds is 5. The second-order valence-electron chi connectivity index (χ2n) is 7.46. The van der Waals surface area contributed by atoms with E-state index in [-0.39, 0.29) is 27.3 Å². The second kappa shape index (κ2) is 8.40. The zero-order valence-electron chi connectivity index (χ0n) is 18.2. The lowest BCUT2D eigenvalue weighted by molar-refractivity contribution is 0.0925. The van der Waals surface area contributed by atoms with Gasteiger partial charge in [0.25, 0.3) is 17.7 Å². The van der Waals surface area contributed by atoms with Gasteiger partial charge < -0.3 is 4.74 Å². The molecule has 1 N–H and O–H groups in total. The van der Waals surface area contributed by atoms with E-state index in [1.54, 1.807) is 38.3 Å². The maximum absolute atomic E-state index is 13.2. The number of sulfonamides is 1. The maximum Gasteiger partial charge on any atom is 0.266 e. The largest absolute Gasteiger partial charge is 0.497 e. The smallest absolute Gasteiger partial charge is 0.266 e. The van der Waals surface area contributed by atoms with Gasteiger partial charge in [-0.25, -0.2) is 18.0 Å².